The molecule has 0 radical (unpaired) electrons. The van der Waals surface area contributed by atoms with E-state index < -0.39 is 0 Å². The number of hydrogen-bond acceptors (Lipinski definition) is 6. The Hall–Kier alpha value is -1.98. The zero-order chi connectivity index (χ0) is 9.10. The third kappa shape index (κ3) is 1.46. The minimum atomic E-state index is 0.459. The Balaban J connectivity index is 2.33. The molecule has 0 unspecified atom stereocenters. The molecule has 0 N–H and O–H groups in total. The van der Waals surface area contributed by atoms with E-state index in [4.69, 9.17) is 4.74 Å². The maximum atomic E-state index is 4.85. The highest BCUT2D eigenvalue weighted by Crippen LogP contribution is 2.13. The van der Waals surface area contributed by atoms with Crippen molar-refractivity contribution >= 4 is 0 Å². The van der Waals surface area contributed by atoms with Crippen LogP contribution in [-0.2, 0) is 0 Å². The Bertz CT molecular complexity index is 370. The van der Waals surface area contributed by atoms with Gasteiger partial charge in [-0.1, -0.05) is 5.16 Å². The summed E-state index contributed by atoms with van der Waals surface area (Å²) in [7, 11) is 1.53. The second kappa shape index (κ2) is 3.18. The minimum Gasteiger partial charge on any atom is -0.480 e. The van der Waals surface area contributed by atoms with Gasteiger partial charge >= 0.3 is 0 Å². The average molecular weight is 178 g/mol. The minimum absolute atomic E-state index is 0.459. The van der Waals surface area contributed by atoms with Crippen LogP contribution >= 0.6 is 0 Å². The molecule has 6 heteroatoms. The normalized spacial score (nSPS) is 9.92. The van der Waals surface area contributed by atoms with E-state index in [9.17, 15) is 0 Å². The van der Waals surface area contributed by atoms with Gasteiger partial charge in [0.25, 0.3) is 0 Å². The number of methoxy groups -OCH3 is 1. The summed E-state index contributed by atoms with van der Waals surface area (Å²) in [5, 5.41) is 14.7. The molecule has 0 spiro atoms. The zero-order valence-electron chi connectivity index (χ0n) is 6.84. The molecule has 6 nitrogen and oxygen atoms in total. The highest BCUT2D eigenvalue weighted by Gasteiger charge is 2.04. The topological polar surface area (TPSA) is 73.9 Å². The molecule has 0 fully saturated rings. The molecule has 0 atom stereocenters. The van der Waals surface area contributed by atoms with Crippen LogP contribution in [-0.4, -0.2) is 27.6 Å². The van der Waals surface area contributed by atoms with E-state index in [1.54, 1.807) is 12.1 Å². The van der Waals surface area contributed by atoms with Gasteiger partial charge in [-0.2, -0.15) is 0 Å². The zero-order valence-corrected chi connectivity index (χ0v) is 6.84. The Labute approximate surface area is 73.5 Å². The first-order valence-electron chi connectivity index (χ1n) is 3.56. The van der Waals surface area contributed by atoms with Crippen LogP contribution < -0.4 is 4.74 Å². The van der Waals surface area contributed by atoms with Gasteiger partial charge in [0.1, 0.15) is 11.9 Å². The van der Waals surface area contributed by atoms with Crippen molar-refractivity contribution in [1.29, 1.82) is 0 Å². The van der Waals surface area contributed by atoms with Crippen LogP contribution in [0.5, 0.6) is 5.88 Å². The van der Waals surface area contributed by atoms with Crippen LogP contribution in [0, 0.1) is 0 Å². The van der Waals surface area contributed by atoms with Crippen molar-refractivity contribution in [2.75, 3.05) is 7.11 Å². The number of hydrogen-bond donors (Lipinski definition) is 0. The fourth-order valence-electron chi connectivity index (χ4n) is 0.843. The molecule has 0 amide bonds. The molecule has 2 aromatic heterocycles. The first-order valence-corrected chi connectivity index (χ1v) is 3.56. The number of ether oxygens (including phenoxy) is 1. The summed E-state index contributed by atoms with van der Waals surface area (Å²) >= 11 is 0. The summed E-state index contributed by atoms with van der Waals surface area (Å²) in [6.45, 7) is 0. The van der Waals surface area contributed by atoms with Crippen molar-refractivity contribution in [1.82, 2.24) is 20.5 Å². The Morgan fingerprint density at radius 3 is 2.69 bits per heavy atom. The maximum absolute atomic E-state index is 4.85. The molecule has 2 aromatic rings. The molecular formula is C7H6N4O2. The SMILES string of the molecule is COc1ccc(-c2cnon2)nn1. The molecule has 0 bridgehead atoms. The Morgan fingerprint density at radius 2 is 2.15 bits per heavy atom. The van der Waals surface area contributed by atoms with Gasteiger partial charge in [-0.05, 0) is 11.2 Å². The summed E-state index contributed by atoms with van der Waals surface area (Å²) in [6, 6.07) is 3.42. The Morgan fingerprint density at radius 1 is 1.23 bits per heavy atom. The predicted octanol–water partition coefficient (Wildman–Crippen LogP) is 0.535. The van der Waals surface area contributed by atoms with Crippen LogP contribution in [0.4, 0.5) is 0 Å². The number of nitrogens with zero attached hydrogens (tertiary/aromatic N) is 4. The van der Waals surface area contributed by atoms with Gasteiger partial charge in [0.2, 0.25) is 5.88 Å². The van der Waals surface area contributed by atoms with E-state index in [2.05, 4.69) is 25.1 Å². The van der Waals surface area contributed by atoms with E-state index in [1.165, 1.54) is 13.3 Å². The van der Waals surface area contributed by atoms with Gasteiger partial charge in [0.05, 0.1) is 7.11 Å². The highest BCUT2D eigenvalue weighted by atomic mass is 16.6. The summed E-state index contributed by atoms with van der Waals surface area (Å²) in [6.07, 6.45) is 1.47. The van der Waals surface area contributed by atoms with Gasteiger partial charge in [-0.3, -0.25) is 0 Å². The quantitative estimate of drug-likeness (QED) is 0.667. The van der Waals surface area contributed by atoms with Crippen molar-refractivity contribution < 1.29 is 9.37 Å². The fourth-order valence-corrected chi connectivity index (χ4v) is 0.843. The standard InChI is InChI=1S/C7H6N4O2/c1-12-7-3-2-5(9-10-7)6-4-8-13-11-6/h2-4H,1H3. The molecule has 2 rings (SSSR count). The monoisotopic (exact) mass is 178 g/mol. The van der Waals surface area contributed by atoms with Gasteiger partial charge in [0.15, 0.2) is 5.69 Å². The molecule has 0 aliphatic heterocycles. The van der Waals surface area contributed by atoms with Gasteiger partial charge in [0, 0.05) is 6.07 Å². The van der Waals surface area contributed by atoms with Crippen LogP contribution in [0.1, 0.15) is 0 Å². The maximum Gasteiger partial charge on any atom is 0.233 e. The van der Waals surface area contributed by atoms with E-state index in [0.29, 0.717) is 17.3 Å². The summed E-state index contributed by atoms with van der Waals surface area (Å²) in [5.41, 5.74) is 1.15. The third-order valence-electron chi connectivity index (χ3n) is 1.47. The fraction of sp³-hybridized carbons (Fsp3) is 0.143. The van der Waals surface area contributed by atoms with Crippen molar-refractivity contribution in [3.05, 3.63) is 18.3 Å². The molecule has 66 valence electrons. The molecule has 13 heavy (non-hydrogen) atoms. The van der Waals surface area contributed by atoms with Crippen molar-refractivity contribution in [3.63, 3.8) is 0 Å². The summed E-state index contributed by atoms with van der Waals surface area (Å²) in [5.74, 6) is 0.459. The first kappa shape index (κ1) is 7.66. The average Bonchev–Trinajstić information content (AvgIpc) is 2.71. The van der Waals surface area contributed by atoms with Crippen LogP contribution in [0.3, 0.4) is 0 Å². The van der Waals surface area contributed by atoms with E-state index in [1.807, 2.05) is 0 Å². The summed E-state index contributed by atoms with van der Waals surface area (Å²) < 4.78 is 9.28. The van der Waals surface area contributed by atoms with Gasteiger partial charge in [-0.15, -0.1) is 10.2 Å². The lowest BCUT2D eigenvalue weighted by Crippen LogP contribution is -1.91. The third-order valence-corrected chi connectivity index (χ3v) is 1.47. The van der Waals surface area contributed by atoms with Crippen molar-refractivity contribution in [2.45, 2.75) is 0 Å². The summed E-state index contributed by atoms with van der Waals surface area (Å²) in [4.78, 5) is 0. The highest BCUT2D eigenvalue weighted by molar-refractivity contribution is 5.50. The van der Waals surface area contributed by atoms with Crippen LogP contribution in [0.2, 0.25) is 0 Å². The molecule has 0 saturated heterocycles. The smallest absolute Gasteiger partial charge is 0.233 e. The molecule has 0 aliphatic carbocycles. The molecule has 2 heterocycles. The predicted molar refractivity (Wildman–Crippen MR) is 41.9 cm³/mol. The first-order chi connectivity index (χ1) is 6.40. The van der Waals surface area contributed by atoms with Gasteiger partial charge in [-0.25, -0.2) is 4.63 Å². The molecular weight excluding hydrogens is 172 g/mol. The largest absolute Gasteiger partial charge is 0.480 e. The lowest BCUT2D eigenvalue weighted by molar-refractivity contribution is 0.308. The Kier molecular flexibility index (Phi) is 1.87. The second-order valence-electron chi connectivity index (χ2n) is 2.25. The molecule has 0 saturated carbocycles. The number of aromatic nitrogens is 4. The van der Waals surface area contributed by atoms with E-state index in [-0.39, 0.29) is 0 Å². The van der Waals surface area contributed by atoms with Crippen molar-refractivity contribution in [2.24, 2.45) is 0 Å². The van der Waals surface area contributed by atoms with Crippen molar-refractivity contribution in [3.8, 4) is 17.3 Å². The van der Waals surface area contributed by atoms with Crippen LogP contribution in [0.25, 0.3) is 11.4 Å². The van der Waals surface area contributed by atoms with Gasteiger partial charge < -0.3 is 4.74 Å². The van der Waals surface area contributed by atoms with Crippen LogP contribution in [0.15, 0.2) is 23.0 Å². The number of rotatable bonds is 2. The van der Waals surface area contributed by atoms with E-state index >= 15 is 0 Å². The van der Waals surface area contributed by atoms with E-state index in [0.717, 1.165) is 0 Å². The molecule has 0 aliphatic rings. The molecule has 0 aromatic carbocycles. The lowest BCUT2D eigenvalue weighted by Gasteiger charge is -1.96. The second-order valence-corrected chi connectivity index (χ2v) is 2.25. The lowest BCUT2D eigenvalue weighted by atomic mass is 10.3.